The number of hydrogen-bond acceptors (Lipinski definition) is 3. The zero-order valence-electron chi connectivity index (χ0n) is 10.8. The van der Waals surface area contributed by atoms with Crippen LogP contribution in [0.4, 0.5) is 0 Å². The van der Waals surface area contributed by atoms with Gasteiger partial charge in [0.1, 0.15) is 0 Å². The Morgan fingerprint density at radius 3 is 2.41 bits per heavy atom. The van der Waals surface area contributed by atoms with Gasteiger partial charge in [-0.3, -0.25) is 9.59 Å². The molecule has 5 heteroatoms. The zero-order chi connectivity index (χ0) is 13.1. The van der Waals surface area contributed by atoms with Crippen molar-refractivity contribution in [2.24, 2.45) is 5.92 Å². The van der Waals surface area contributed by atoms with Gasteiger partial charge in [-0.05, 0) is 25.3 Å². The van der Waals surface area contributed by atoms with E-state index < -0.39 is 5.97 Å². The van der Waals surface area contributed by atoms with Crippen molar-refractivity contribution < 1.29 is 14.7 Å². The highest BCUT2D eigenvalue weighted by Gasteiger charge is 2.01. The van der Waals surface area contributed by atoms with Gasteiger partial charge in [-0.25, -0.2) is 0 Å². The lowest BCUT2D eigenvalue weighted by molar-refractivity contribution is -0.137. The first kappa shape index (κ1) is 15.9. The van der Waals surface area contributed by atoms with Crippen LogP contribution in [0.3, 0.4) is 0 Å². The summed E-state index contributed by atoms with van der Waals surface area (Å²) in [6.07, 6.45) is 2.21. The molecule has 1 amide bonds. The normalized spacial score (nSPS) is 10.5. The number of carboxylic acid groups (broad SMARTS) is 1. The summed E-state index contributed by atoms with van der Waals surface area (Å²) in [5, 5.41) is 14.4. The van der Waals surface area contributed by atoms with Gasteiger partial charge in [0, 0.05) is 25.9 Å². The second kappa shape index (κ2) is 10.1. The lowest BCUT2D eigenvalue weighted by Gasteiger charge is -2.08. The second-order valence-electron chi connectivity index (χ2n) is 4.55. The summed E-state index contributed by atoms with van der Waals surface area (Å²) in [5.41, 5.74) is 0. The van der Waals surface area contributed by atoms with Crippen molar-refractivity contribution in [3.05, 3.63) is 0 Å². The number of carbonyl (C=O) groups is 2. The number of aliphatic carboxylic acids is 1. The van der Waals surface area contributed by atoms with Crippen LogP contribution in [0.15, 0.2) is 0 Å². The van der Waals surface area contributed by atoms with Crippen molar-refractivity contribution in [2.75, 3.05) is 19.6 Å². The Hall–Kier alpha value is -1.10. The topological polar surface area (TPSA) is 78.4 Å². The van der Waals surface area contributed by atoms with E-state index in [-0.39, 0.29) is 12.3 Å². The predicted molar refractivity (Wildman–Crippen MR) is 66.8 cm³/mol. The van der Waals surface area contributed by atoms with E-state index in [1.54, 1.807) is 0 Å². The first-order chi connectivity index (χ1) is 8.02. The Kier molecular flexibility index (Phi) is 9.43. The van der Waals surface area contributed by atoms with Crippen LogP contribution >= 0.6 is 0 Å². The van der Waals surface area contributed by atoms with E-state index in [0.717, 1.165) is 19.5 Å². The second-order valence-corrected chi connectivity index (χ2v) is 4.55. The molecular weight excluding hydrogens is 220 g/mol. The van der Waals surface area contributed by atoms with Gasteiger partial charge in [0.2, 0.25) is 5.91 Å². The first-order valence-electron chi connectivity index (χ1n) is 6.21. The molecule has 3 N–H and O–H groups in total. The van der Waals surface area contributed by atoms with Gasteiger partial charge in [0.15, 0.2) is 0 Å². The molecule has 0 aliphatic heterocycles. The summed E-state index contributed by atoms with van der Waals surface area (Å²) in [7, 11) is 0. The van der Waals surface area contributed by atoms with E-state index in [4.69, 9.17) is 5.11 Å². The quantitative estimate of drug-likeness (QED) is 0.501. The third-order valence-electron chi connectivity index (χ3n) is 2.23. The number of hydrogen-bond donors (Lipinski definition) is 3. The maximum Gasteiger partial charge on any atom is 0.303 e. The maximum absolute atomic E-state index is 11.3. The Morgan fingerprint density at radius 2 is 1.82 bits per heavy atom. The fraction of sp³-hybridized carbons (Fsp3) is 0.833. The molecule has 0 heterocycles. The molecular formula is C12H24N2O3. The van der Waals surface area contributed by atoms with Gasteiger partial charge in [0.25, 0.3) is 0 Å². The van der Waals surface area contributed by atoms with Crippen molar-refractivity contribution in [1.82, 2.24) is 10.6 Å². The Bertz CT molecular complexity index is 230. The molecule has 0 saturated heterocycles. The molecule has 0 unspecified atom stereocenters. The molecule has 0 spiro atoms. The summed E-state index contributed by atoms with van der Waals surface area (Å²) < 4.78 is 0. The largest absolute Gasteiger partial charge is 0.481 e. The van der Waals surface area contributed by atoms with Crippen molar-refractivity contribution in [3.63, 3.8) is 0 Å². The highest BCUT2D eigenvalue weighted by Crippen LogP contribution is 1.93. The van der Waals surface area contributed by atoms with Crippen LogP contribution in [-0.4, -0.2) is 36.6 Å². The average Bonchev–Trinajstić information content (AvgIpc) is 2.24. The summed E-state index contributed by atoms with van der Waals surface area (Å²) in [6.45, 7) is 6.25. The minimum atomic E-state index is -0.752. The van der Waals surface area contributed by atoms with Crippen LogP contribution in [0.1, 0.15) is 39.5 Å². The summed E-state index contributed by atoms with van der Waals surface area (Å²) in [5.74, 6) is -0.210. The van der Waals surface area contributed by atoms with Crippen LogP contribution in [0.2, 0.25) is 0 Å². The number of carboxylic acids is 1. The molecule has 0 bridgehead atoms. The van der Waals surface area contributed by atoms with Crippen molar-refractivity contribution >= 4 is 11.9 Å². The molecule has 0 rings (SSSR count). The van der Waals surface area contributed by atoms with Crippen LogP contribution in [0.5, 0.6) is 0 Å². The molecule has 0 radical (unpaired) electrons. The number of nitrogens with one attached hydrogen (secondary N) is 2. The van der Waals surface area contributed by atoms with E-state index in [2.05, 4.69) is 24.5 Å². The summed E-state index contributed by atoms with van der Waals surface area (Å²) in [6, 6.07) is 0. The SMILES string of the molecule is CC(C)CNC(=O)CCNCCCCC(=O)O. The number of carbonyl (C=O) groups excluding carboxylic acids is 1. The van der Waals surface area contributed by atoms with Crippen LogP contribution < -0.4 is 10.6 Å². The molecule has 0 aliphatic rings. The molecule has 5 nitrogen and oxygen atoms in total. The molecule has 0 aromatic heterocycles. The smallest absolute Gasteiger partial charge is 0.303 e. The number of rotatable bonds is 10. The number of unbranched alkanes of at least 4 members (excludes halogenated alkanes) is 1. The fourth-order valence-electron chi connectivity index (χ4n) is 1.26. The summed E-state index contributed by atoms with van der Waals surface area (Å²) >= 11 is 0. The van der Waals surface area contributed by atoms with Crippen molar-refractivity contribution in [2.45, 2.75) is 39.5 Å². The highest BCUT2D eigenvalue weighted by atomic mass is 16.4. The van der Waals surface area contributed by atoms with E-state index >= 15 is 0 Å². The third kappa shape index (κ3) is 12.8. The van der Waals surface area contributed by atoms with E-state index in [0.29, 0.717) is 25.3 Å². The Morgan fingerprint density at radius 1 is 1.12 bits per heavy atom. The van der Waals surface area contributed by atoms with Crippen molar-refractivity contribution in [3.8, 4) is 0 Å². The molecule has 17 heavy (non-hydrogen) atoms. The van der Waals surface area contributed by atoms with Gasteiger partial charge < -0.3 is 15.7 Å². The van der Waals surface area contributed by atoms with Gasteiger partial charge in [0.05, 0.1) is 0 Å². The van der Waals surface area contributed by atoms with Crippen molar-refractivity contribution in [1.29, 1.82) is 0 Å². The third-order valence-corrected chi connectivity index (χ3v) is 2.23. The molecule has 0 saturated carbocycles. The monoisotopic (exact) mass is 244 g/mol. The van der Waals surface area contributed by atoms with Crippen LogP contribution in [-0.2, 0) is 9.59 Å². The van der Waals surface area contributed by atoms with Gasteiger partial charge in [-0.1, -0.05) is 13.8 Å². The number of amides is 1. The predicted octanol–water partition coefficient (Wildman–Crippen LogP) is 0.993. The van der Waals surface area contributed by atoms with E-state index in [1.165, 1.54) is 0 Å². The van der Waals surface area contributed by atoms with Crippen LogP contribution in [0, 0.1) is 5.92 Å². The fourth-order valence-corrected chi connectivity index (χ4v) is 1.26. The van der Waals surface area contributed by atoms with E-state index in [9.17, 15) is 9.59 Å². The summed E-state index contributed by atoms with van der Waals surface area (Å²) in [4.78, 5) is 21.5. The molecule has 100 valence electrons. The van der Waals surface area contributed by atoms with Gasteiger partial charge >= 0.3 is 5.97 Å². The minimum absolute atomic E-state index is 0.0664. The Balaban J connectivity index is 3.22. The Labute approximate surface area is 103 Å². The average molecular weight is 244 g/mol. The molecule has 0 fully saturated rings. The lowest BCUT2D eigenvalue weighted by atomic mass is 10.2. The lowest BCUT2D eigenvalue weighted by Crippen LogP contribution is -2.30. The highest BCUT2D eigenvalue weighted by molar-refractivity contribution is 5.76. The van der Waals surface area contributed by atoms with Crippen LogP contribution in [0.25, 0.3) is 0 Å². The standard InChI is InChI=1S/C12H24N2O3/c1-10(2)9-14-11(15)6-8-13-7-4-3-5-12(16)17/h10,13H,3-9H2,1-2H3,(H,14,15)(H,16,17). The first-order valence-corrected chi connectivity index (χ1v) is 6.21. The maximum atomic E-state index is 11.3. The molecule has 0 atom stereocenters. The molecule has 0 aromatic rings. The molecule has 0 aromatic carbocycles. The van der Waals surface area contributed by atoms with Gasteiger partial charge in [-0.2, -0.15) is 0 Å². The minimum Gasteiger partial charge on any atom is -0.481 e. The molecule has 0 aliphatic carbocycles. The zero-order valence-corrected chi connectivity index (χ0v) is 10.8. The van der Waals surface area contributed by atoms with E-state index in [1.807, 2.05) is 0 Å². The van der Waals surface area contributed by atoms with Gasteiger partial charge in [-0.15, -0.1) is 0 Å².